The highest BCUT2D eigenvalue weighted by Crippen LogP contribution is 2.31. The lowest BCUT2D eigenvalue weighted by molar-refractivity contribution is -0.192. The third-order valence-corrected chi connectivity index (χ3v) is 7.96. The second kappa shape index (κ2) is 12.6. The number of halogens is 4. The van der Waals surface area contributed by atoms with E-state index >= 15 is 0 Å². The molecule has 0 saturated carbocycles. The van der Waals surface area contributed by atoms with Crippen LogP contribution in [0.5, 0.6) is 0 Å². The Morgan fingerprint density at radius 3 is 2.33 bits per heavy atom. The topological polar surface area (TPSA) is 96.6 Å². The second-order valence-corrected chi connectivity index (χ2v) is 11.1. The van der Waals surface area contributed by atoms with Gasteiger partial charge in [0.2, 0.25) is 0 Å². The van der Waals surface area contributed by atoms with Crippen LogP contribution in [0.2, 0.25) is 5.02 Å². The highest BCUT2D eigenvalue weighted by Gasteiger charge is 2.38. The molecule has 1 fully saturated rings. The summed E-state index contributed by atoms with van der Waals surface area (Å²) in [7, 11) is 0. The first kappa shape index (κ1) is 30.4. The molecule has 0 amide bonds. The maximum atomic E-state index is 13.5. The van der Waals surface area contributed by atoms with Crippen LogP contribution >= 0.6 is 11.6 Å². The van der Waals surface area contributed by atoms with E-state index in [1.54, 1.807) is 28.8 Å². The van der Waals surface area contributed by atoms with E-state index in [0.29, 0.717) is 28.7 Å². The first-order chi connectivity index (χ1) is 20.5. The molecule has 43 heavy (non-hydrogen) atoms. The number of aromatic nitrogens is 2. The molecule has 0 radical (unpaired) electrons. The largest absolute Gasteiger partial charge is 0.490 e. The van der Waals surface area contributed by atoms with Gasteiger partial charge in [0.1, 0.15) is 0 Å². The molecule has 12 heteroatoms. The van der Waals surface area contributed by atoms with E-state index in [1.165, 1.54) is 10.1 Å². The van der Waals surface area contributed by atoms with Crippen molar-refractivity contribution in [2.45, 2.75) is 51.0 Å². The molecule has 0 spiro atoms. The van der Waals surface area contributed by atoms with Gasteiger partial charge in [-0.05, 0) is 67.1 Å². The Morgan fingerprint density at radius 2 is 1.67 bits per heavy atom. The van der Waals surface area contributed by atoms with Crippen LogP contribution in [-0.2, 0) is 24.3 Å². The minimum Gasteiger partial charge on any atom is -0.475 e. The average molecular weight is 615 g/mol. The van der Waals surface area contributed by atoms with E-state index in [1.807, 2.05) is 12.1 Å². The molecule has 8 nitrogen and oxygen atoms in total. The van der Waals surface area contributed by atoms with Crippen LogP contribution in [0.25, 0.3) is 16.6 Å². The van der Waals surface area contributed by atoms with E-state index in [0.717, 1.165) is 62.1 Å². The number of aliphatic carboxylic acids is 1. The van der Waals surface area contributed by atoms with Crippen molar-refractivity contribution in [2.75, 3.05) is 18.4 Å². The minimum absolute atomic E-state index is 0.294. The van der Waals surface area contributed by atoms with Gasteiger partial charge in [-0.2, -0.15) is 13.2 Å². The molecule has 2 aliphatic rings. The predicted molar refractivity (Wildman–Crippen MR) is 159 cm³/mol. The zero-order valence-corrected chi connectivity index (χ0v) is 23.9. The molecule has 2 N–H and O–H groups in total. The molecule has 0 bridgehead atoms. The van der Waals surface area contributed by atoms with Crippen LogP contribution in [0.3, 0.4) is 0 Å². The fourth-order valence-electron chi connectivity index (χ4n) is 5.69. The molecule has 0 atom stereocenters. The van der Waals surface area contributed by atoms with E-state index in [9.17, 15) is 22.8 Å². The fourth-order valence-corrected chi connectivity index (χ4v) is 5.87. The predicted octanol–water partition coefficient (Wildman–Crippen LogP) is 5.46. The van der Waals surface area contributed by atoms with Gasteiger partial charge in [0, 0.05) is 42.9 Å². The first-order valence-electron chi connectivity index (χ1n) is 13.9. The summed E-state index contributed by atoms with van der Waals surface area (Å²) in [5.41, 5.74) is 4.17. The number of anilines is 1. The summed E-state index contributed by atoms with van der Waals surface area (Å²) in [6.45, 7) is 3.68. The van der Waals surface area contributed by atoms with Gasteiger partial charge in [-0.15, -0.1) is 0 Å². The molecule has 0 aliphatic carbocycles. The Kier molecular flexibility index (Phi) is 8.93. The summed E-state index contributed by atoms with van der Waals surface area (Å²) in [4.78, 5) is 38.4. The second-order valence-electron chi connectivity index (χ2n) is 10.6. The van der Waals surface area contributed by atoms with Crippen molar-refractivity contribution in [1.82, 2.24) is 14.0 Å². The van der Waals surface area contributed by atoms with Crippen LogP contribution in [0, 0.1) is 0 Å². The van der Waals surface area contributed by atoms with Gasteiger partial charge >= 0.3 is 17.8 Å². The molecule has 1 saturated heterocycles. The zero-order valence-electron chi connectivity index (χ0n) is 23.1. The van der Waals surface area contributed by atoms with Crippen molar-refractivity contribution in [2.24, 2.45) is 0 Å². The van der Waals surface area contributed by atoms with Crippen molar-refractivity contribution in [3.05, 3.63) is 104 Å². The molecule has 3 heterocycles. The summed E-state index contributed by atoms with van der Waals surface area (Å²) in [6, 6.07) is 21.8. The lowest BCUT2D eigenvalue weighted by atomic mass is 9.98. The van der Waals surface area contributed by atoms with Gasteiger partial charge in [-0.1, -0.05) is 48.0 Å². The highest BCUT2D eigenvalue weighted by molar-refractivity contribution is 6.30. The number of aryl methyl sites for hydroxylation is 2. The molecule has 4 aromatic rings. The van der Waals surface area contributed by atoms with Gasteiger partial charge in [0.15, 0.2) is 0 Å². The molecule has 226 valence electrons. The number of hydrogen-bond acceptors (Lipinski definition) is 5. The van der Waals surface area contributed by atoms with Gasteiger partial charge < -0.3 is 10.4 Å². The zero-order chi connectivity index (χ0) is 30.7. The Labute approximate surface area is 249 Å². The van der Waals surface area contributed by atoms with Crippen molar-refractivity contribution in [3.8, 4) is 5.69 Å². The van der Waals surface area contributed by atoms with Gasteiger partial charge in [-0.25, -0.2) is 14.2 Å². The molecular formula is C31H30ClF3N4O4. The first-order valence-corrected chi connectivity index (χ1v) is 14.3. The Morgan fingerprint density at radius 1 is 0.977 bits per heavy atom. The number of nitrogens with one attached hydrogen (secondary N) is 1. The third kappa shape index (κ3) is 6.78. The van der Waals surface area contributed by atoms with Crippen LogP contribution in [0.4, 0.5) is 18.9 Å². The van der Waals surface area contributed by atoms with Crippen molar-refractivity contribution in [1.29, 1.82) is 0 Å². The van der Waals surface area contributed by atoms with Crippen molar-refractivity contribution < 1.29 is 23.1 Å². The van der Waals surface area contributed by atoms with Gasteiger partial charge in [0.05, 0.1) is 16.6 Å². The average Bonchev–Trinajstić information content (AvgIpc) is 2.98. The Bertz CT molecular complexity index is 1750. The molecular weight excluding hydrogens is 585 g/mol. The number of hydrogen-bond donors (Lipinski definition) is 2. The molecule has 3 aromatic carbocycles. The molecule has 2 aliphatic heterocycles. The SMILES string of the molecule is O=C(O)C(F)(F)F.O=c1c2ccc(NC3CCN(Cc4ccccc4)CC3)c3c2n(c(=O)n1-c1cccc(Cl)c1)CCC3. The summed E-state index contributed by atoms with van der Waals surface area (Å²) in [6.07, 6.45) is -1.24. The summed E-state index contributed by atoms with van der Waals surface area (Å²) >= 11 is 6.16. The van der Waals surface area contributed by atoms with Gasteiger partial charge in [-0.3, -0.25) is 14.3 Å². The Hall–Kier alpha value is -4.09. The van der Waals surface area contributed by atoms with Crippen LogP contribution < -0.4 is 16.6 Å². The third-order valence-electron chi connectivity index (χ3n) is 7.72. The highest BCUT2D eigenvalue weighted by atomic mass is 35.5. The van der Waals surface area contributed by atoms with Crippen LogP contribution in [-0.4, -0.2) is 50.4 Å². The van der Waals surface area contributed by atoms with Crippen molar-refractivity contribution >= 4 is 34.2 Å². The van der Waals surface area contributed by atoms with Crippen LogP contribution in [0.15, 0.2) is 76.3 Å². The smallest absolute Gasteiger partial charge is 0.475 e. The van der Waals surface area contributed by atoms with E-state index < -0.39 is 12.1 Å². The lowest BCUT2D eigenvalue weighted by Crippen LogP contribution is -2.41. The number of nitrogens with zero attached hydrogens (tertiary/aromatic N) is 3. The van der Waals surface area contributed by atoms with E-state index in [2.05, 4.69) is 40.5 Å². The number of carboxylic acids is 1. The van der Waals surface area contributed by atoms with E-state index in [-0.39, 0.29) is 11.2 Å². The number of alkyl halides is 3. The van der Waals surface area contributed by atoms with E-state index in [4.69, 9.17) is 21.5 Å². The Balaban J connectivity index is 0.000000472. The number of rotatable bonds is 5. The number of carbonyl (C=O) groups is 1. The van der Waals surface area contributed by atoms with Crippen molar-refractivity contribution in [3.63, 3.8) is 0 Å². The normalized spacial score (nSPS) is 15.5. The fraction of sp³-hybridized carbons (Fsp3) is 0.323. The lowest BCUT2D eigenvalue weighted by Gasteiger charge is -2.34. The number of benzene rings is 3. The minimum atomic E-state index is -5.08. The van der Waals surface area contributed by atoms with Crippen LogP contribution in [0.1, 0.15) is 30.4 Å². The number of carboxylic acid groups (broad SMARTS) is 1. The molecule has 6 rings (SSSR count). The summed E-state index contributed by atoms with van der Waals surface area (Å²) < 4.78 is 34.8. The quantitative estimate of drug-likeness (QED) is 0.310. The number of piperidine rings is 1. The monoisotopic (exact) mass is 614 g/mol. The summed E-state index contributed by atoms with van der Waals surface area (Å²) in [5.74, 6) is -2.76. The van der Waals surface area contributed by atoms with Gasteiger partial charge in [0.25, 0.3) is 5.56 Å². The number of likely N-dealkylation sites (tertiary alicyclic amines) is 1. The maximum Gasteiger partial charge on any atom is 0.490 e. The molecule has 1 aromatic heterocycles. The standard InChI is InChI=1S/C29H29ClN4O2.C2HF3O2/c30-21-8-4-9-23(18-21)34-28(35)25-11-12-26(24-10-5-15-33(27(24)25)29(34)36)31-22-13-16-32(17-14-22)19-20-6-2-1-3-7-20;3-2(4,5)1(6)7/h1-4,6-9,11-12,18,22,31H,5,10,13-17,19H2;(H,6,7). The maximum absolute atomic E-state index is 13.5. The summed E-state index contributed by atoms with van der Waals surface area (Å²) in [5, 5.41) is 12.0. The molecule has 0 unspecified atom stereocenters.